The van der Waals surface area contributed by atoms with Crippen LogP contribution < -0.4 is 10.6 Å². The molecule has 42 heavy (non-hydrogen) atoms. The van der Waals surface area contributed by atoms with Gasteiger partial charge in [0.15, 0.2) is 0 Å². The smallest absolute Gasteiger partial charge is 0.242 e. The van der Waals surface area contributed by atoms with Gasteiger partial charge >= 0.3 is 0 Å². The van der Waals surface area contributed by atoms with Gasteiger partial charge in [-0.2, -0.15) is 10.5 Å². The van der Waals surface area contributed by atoms with Crippen molar-refractivity contribution in [1.82, 2.24) is 25.9 Å². The van der Waals surface area contributed by atoms with Crippen LogP contribution in [0.4, 0.5) is 14.5 Å². The minimum absolute atomic E-state index is 0.0142. The quantitative estimate of drug-likeness (QED) is 0.232. The molecule has 5 rings (SSSR count). The molecule has 0 radical (unpaired) electrons. The molecule has 2 heterocycles. The summed E-state index contributed by atoms with van der Waals surface area (Å²) in [5, 5.41) is 30.9. The van der Waals surface area contributed by atoms with Crippen molar-refractivity contribution in [3.63, 3.8) is 0 Å². The molecule has 0 aliphatic carbocycles. The van der Waals surface area contributed by atoms with Crippen LogP contribution in [-0.2, 0) is 10.2 Å². The Labute approximate surface area is 251 Å². The molecule has 12 heteroatoms. The van der Waals surface area contributed by atoms with Crippen LogP contribution in [0.2, 0.25) is 10.0 Å². The van der Waals surface area contributed by atoms with Crippen molar-refractivity contribution in [3.8, 4) is 17.5 Å². The summed E-state index contributed by atoms with van der Waals surface area (Å²) in [5.41, 5.74) is -0.908. The van der Waals surface area contributed by atoms with Crippen LogP contribution in [0.5, 0.6) is 0 Å². The highest BCUT2D eigenvalue weighted by Crippen LogP contribution is 2.52. The molecule has 0 spiro atoms. The van der Waals surface area contributed by atoms with Gasteiger partial charge in [-0.05, 0) is 65.1 Å². The largest absolute Gasteiger partial charge is 0.325 e. The van der Waals surface area contributed by atoms with Gasteiger partial charge in [0.25, 0.3) is 0 Å². The third-order valence-electron chi connectivity index (χ3n) is 7.49. The van der Waals surface area contributed by atoms with Crippen LogP contribution in [-0.4, -0.2) is 38.6 Å². The fourth-order valence-corrected chi connectivity index (χ4v) is 6.10. The lowest BCUT2D eigenvalue weighted by Crippen LogP contribution is -2.45. The third-order valence-corrected chi connectivity index (χ3v) is 8.01. The van der Waals surface area contributed by atoms with Crippen molar-refractivity contribution < 1.29 is 13.6 Å². The van der Waals surface area contributed by atoms with Crippen LogP contribution in [0.25, 0.3) is 11.4 Å². The number of carbonyl (C=O) groups is 1. The number of anilines is 1. The Morgan fingerprint density at radius 1 is 1.12 bits per heavy atom. The summed E-state index contributed by atoms with van der Waals surface area (Å²) in [5.74, 6) is -2.82. The van der Waals surface area contributed by atoms with Gasteiger partial charge in [-0.1, -0.05) is 62.2 Å². The van der Waals surface area contributed by atoms with Gasteiger partial charge in [0.05, 0.1) is 17.1 Å². The Hall–Kier alpha value is -3.91. The average molecular weight is 610 g/mol. The van der Waals surface area contributed by atoms with Gasteiger partial charge in [-0.25, -0.2) is 8.78 Å². The number of nitrogens with one attached hydrogen (secondary N) is 3. The molecular weight excluding hydrogens is 583 g/mol. The second-order valence-electron chi connectivity index (χ2n) is 11.5. The summed E-state index contributed by atoms with van der Waals surface area (Å²) in [7, 11) is 0. The normalized spacial score (nSPS) is 22.1. The van der Waals surface area contributed by atoms with Crippen molar-refractivity contribution in [2.24, 2.45) is 5.41 Å². The Kier molecular flexibility index (Phi) is 8.03. The van der Waals surface area contributed by atoms with Crippen molar-refractivity contribution in [1.29, 1.82) is 5.26 Å². The lowest BCUT2D eigenvalue weighted by Gasteiger charge is -2.37. The number of tetrazole rings is 1. The first-order valence-corrected chi connectivity index (χ1v) is 13.9. The Morgan fingerprint density at radius 2 is 1.86 bits per heavy atom. The summed E-state index contributed by atoms with van der Waals surface area (Å²) < 4.78 is 31.5. The zero-order chi connectivity index (χ0) is 30.2. The maximum Gasteiger partial charge on any atom is 0.242 e. The highest BCUT2D eigenvalue weighted by Gasteiger charge is 2.61. The lowest BCUT2D eigenvalue weighted by atomic mass is 9.62. The first-order valence-electron chi connectivity index (χ1n) is 13.2. The minimum atomic E-state index is -1.71. The van der Waals surface area contributed by atoms with Gasteiger partial charge in [0, 0.05) is 33.8 Å². The Bertz CT molecular complexity index is 1650. The van der Waals surface area contributed by atoms with Gasteiger partial charge in [0.2, 0.25) is 11.7 Å². The first kappa shape index (κ1) is 29.6. The van der Waals surface area contributed by atoms with E-state index in [1.165, 1.54) is 24.3 Å². The molecular formula is C30H27Cl2F2N7O. The van der Waals surface area contributed by atoms with E-state index in [0.29, 0.717) is 23.5 Å². The number of nitrogens with zero attached hydrogens (tertiary/aromatic N) is 4. The van der Waals surface area contributed by atoms with E-state index in [2.05, 4.69) is 37.3 Å². The van der Waals surface area contributed by atoms with E-state index in [4.69, 9.17) is 23.2 Å². The van der Waals surface area contributed by atoms with E-state index in [1.54, 1.807) is 30.3 Å². The first-order chi connectivity index (χ1) is 19.9. The van der Waals surface area contributed by atoms with E-state index in [-0.39, 0.29) is 26.6 Å². The monoisotopic (exact) mass is 609 g/mol. The molecule has 4 atom stereocenters. The molecule has 0 unspecified atom stereocenters. The topological polar surface area (TPSA) is 119 Å². The predicted octanol–water partition coefficient (Wildman–Crippen LogP) is 6.41. The molecule has 1 aliphatic rings. The van der Waals surface area contributed by atoms with Crippen molar-refractivity contribution in [3.05, 3.63) is 93.5 Å². The molecule has 1 aromatic heterocycles. The second-order valence-corrected chi connectivity index (χ2v) is 12.3. The van der Waals surface area contributed by atoms with Crippen LogP contribution >= 0.6 is 23.2 Å². The number of carbonyl (C=O) groups excluding carboxylic acids is 1. The number of nitriles is 1. The Morgan fingerprint density at radius 3 is 2.48 bits per heavy atom. The second kappa shape index (κ2) is 11.4. The summed E-state index contributed by atoms with van der Waals surface area (Å²) >= 11 is 12.3. The molecule has 3 N–H and O–H groups in total. The van der Waals surface area contributed by atoms with E-state index >= 15 is 8.78 Å². The number of hydrogen-bond acceptors (Lipinski definition) is 6. The molecule has 1 amide bonds. The molecule has 3 aromatic carbocycles. The molecule has 4 aromatic rings. The number of rotatable bonds is 6. The maximum absolute atomic E-state index is 15.8. The molecule has 8 nitrogen and oxygen atoms in total. The number of aromatic amines is 1. The standard InChI is InChI=1S/C30H27Cl2F2N7O/c1-29(2,3)14-23-30(15-35,20-12-9-17(31)13-22(20)33)24(19-5-4-6-21(32)25(19)34)26(37-23)28(42)36-18-10-7-16(8-11-18)27-38-40-41-39-27/h4-13,23-24,26,37H,14H2,1-3H3,(H,36,42)(H,38,39,40,41)/t23-,24-,26+,30-/m0/s1. The van der Waals surface area contributed by atoms with Crippen molar-refractivity contribution in [2.75, 3.05) is 5.32 Å². The van der Waals surface area contributed by atoms with Crippen LogP contribution in [0, 0.1) is 28.4 Å². The number of benzene rings is 3. The van der Waals surface area contributed by atoms with E-state index < -0.39 is 41.0 Å². The van der Waals surface area contributed by atoms with Crippen molar-refractivity contribution in [2.45, 2.75) is 50.6 Å². The van der Waals surface area contributed by atoms with Gasteiger partial charge in [-0.15, -0.1) is 10.2 Å². The summed E-state index contributed by atoms with van der Waals surface area (Å²) in [6, 6.07) is 15.6. The molecule has 1 fully saturated rings. The lowest BCUT2D eigenvalue weighted by molar-refractivity contribution is -0.118. The van der Waals surface area contributed by atoms with Crippen LogP contribution in [0.1, 0.15) is 44.2 Å². The van der Waals surface area contributed by atoms with Crippen molar-refractivity contribution >= 4 is 34.8 Å². The highest BCUT2D eigenvalue weighted by molar-refractivity contribution is 6.31. The average Bonchev–Trinajstić information content (AvgIpc) is 3.57. The summed E-state index contributed by atoms with van der Waals surface area (Å²) in [6.45, 7) is 5.92. The number of hydrogen-bond donors (Lipinski definition) is 3. The fourth-order valence-electron chi connectivity index (χ4n) is 5.76. The molecule has 0 saturated carbocycles. The zero-order valence-corrected chi connectivity index (χ0v) is 24.4. The number of halogens is 4. The van der Waals surface area contributed by atoms with Gasteiger partial charge in [0.1, 0.15) is 17.0 Å². The summed E-state index contributed by atoms with van der Waals surface area (Å²) in [4.78, 5) is 14.0. The van der Waals surface area contributed by atoms with E-state index in [1.807, 2.05) is 20.8 Å². The van der Waals surface area contributed by atoms with E-state index in [0.717, 1.165) is 6.07 Å². The Balaban J connectivity index is 1.64. The molecule has 216 valence electrons. The number of aromatic nitrogens is 4. The van der Waals surface area contributed by atoms with Crippen LogP contribution in [0.3, 0.4) is 0 Å². The highest BCUT2D eigenvalue weighted by atomic mass is 35.5. The fraction of sp³-hybridized carbons (Fsp3) is 0.300. The molecule has 1 aliphatic heterocycles. The third kappa shape index (κ3) is 5.48. The zero-order valence-electron chi connectivity index (χ0n) is 22.9. The van der Waals surface area contributed by atoms with Crippen LogP contribution in [0.15, 0.2) is 60.7 Å². The van der Waals surface area contributed by atoms with Gasteiger partial charge in [-0.3, -0.25) is 4.79 Å². The predicted molar refractivity (Wildman–Crippen MR) is 156 cm³/mol. The van der Waals surface area contributed by atoms with E-state index in [9.17, 15) is 10.1 Å². The number of H-pyrrole nitrogens is 1. The molecule has 1 saturated heterocycles. The molecule has 0 bridgehead atoms. The number of amides is 1. The SMILES string of the molecule is CC(C)(C)C[C@@H]1N[C@@H](C(=O)Nc2ccc(-c3nn[nH]n3)cc2)[C@H](c2cccc(Cl)c2F)[C@@]1(C#N)c1ccc(Cl)cc1F. The maximum atomic E-state index is 15.8. The van der Waals surface area contributed by atoms with Gasteiger partial charge < -0.3 is 10.6 Å². The minimum Gasteiger partial charge on any atom is -0.325 e. The summed E-state index contributed by atoms with van der Waals surface area (Å²) in [6.07, 6.45) is 0.366.